The van der Waals surface area contributed by atoms with Crippen LogP contribution in [0.5, 0.6) is 0 Å². The smallest absolute Gasteiger partial charge is 0.336 e. The van der Waals surface area contributed by atoms with Gasteiger partial charge in [0.05, 0.1) is 30.1 Å². The lowest BCUT2D eigenvalue weighted by atomic mass is 9.91. The third-order valence-corrected chi connectivity index (χ3v) is 3.08. The monoisotopic (exact) mass is 308 g/mol. The quantitative estimate of drug-likeness (QED) is 0.502. The largest absolute Gasteiger partial charge is 0.501 e. The second-order valence-corrected chi connectivity index (χ2v) is 4.88. The Morgan fingerprint density at radius 3 is 2.45 bits per heavy atom. The van der Waals surface area contributed by atoms with Crippen LogP contribution in [0.25, 0.3) is 0 Å². The van der Waals surface area contributed by atoms with Gasteiger partial charge in [-0.3, -0.25) is 0 Å². The molecule has 1 unspecified atom stereocenters. The van der Waals surface area contributed by atoms with E-state index in [-0.39, 0.29) is 17.5 Å². The van der Waals surface area contributed by atoms with Crippen molar-refractivity contribution in [3.63, 3.8) is 0 Å². The van der Waals surface area contributed by atoms with Crippen molar-refractivity contribution in [2.45, 2.75) is 32.8 Å². The Morgan fingerprint density at radius 1 is 1.27 bits per heavy atom. The molecule has 1 atom stereocenters. The Labute approximate surface area is 128 Å². The lowest BCUT2D eigenvalue weighted by molar-refractivity contribution is 0.0649. The summed E-state index contributed by atoms with van der Waals surface area (Å²) in [7, 11) is 0. The Kier molecular flexibility index (Phi) is 6.59. The highest BCUT2D eigenvalue weighted by molar-refractivity contribution is 6.03. The Bertz CT molecular complexity index is 574. The van der Waals surface area contributed by atoms with E-state index < -0.39 is 18.0 Å². The fourth-order valence-electron chi connectivity index (χ4n) is 2.21. The van der Waals surface area contributed by atoms with E-state index in [1.165, 1.54) is 19.3 Å². The van der Waals surface area contributed by atoms with Crippen LogP contribution in [0.1, 0.15) is 45.7 Å². The summed E-state index contributed by atoms with van der Waals surface area (Å²) in [6.45, 7) is 3.67. The minimum Gasteiger partial charge on any atom is -0.501 e. The van der Waals surface area contributed by atoms with Crippen LogP contribution >= 0.6 is 0 Å². The van der Waals surface area contributed by atoms with Gasteiger partial charge in [-0.05, 0) is 37.5 Å². The summed E-state index contributed by atoms with van der Waals surface area (Å²) in [5, 5.41) is 28.1. The maximum absolute atomic E-state index is 11.5. The molecule has 0 heterocycles. The van der Waals surface area contributed by atoms with Gasteiger partial charge in [0.1, 0.15) is 0 Å². The number of carbonyl (C=O) groups is 2. The molecule has 0 radical (unpaired) electrons. The first-order valence-corrected chi connectivity index (χ1v) is 6.90. The molecule has 120 valence electrons. The van der Waals surface area contributed by atoms with Crippen molar-refractivity contribution < 1.29 is 29.6 Å². The van der Waals surface area contributed by atoms with E-state index >= 15 is 0 Å². The molecule has 6 nitrogen and oxygen atoms in total. The summed E-state index contributed by atoms with van der Waals surface area (Å²) in [6, 6.07) is 2.86. The molecule has 1 aromatic rings. The van der Waals surface area contributed by atoms with Crippen molar-refractivity contribution in [1.29, 1.82) is 0 Å². The predicted molar refractivity (Wildman–Crippen MR) is 80.2 cm³/mol. The molecule has 22 heavy (non-hydrogen) atoms. The van der Waals surface area contributed by atoms with E-state index in [2.05, 4.69) is 0 Å². The molecular weight excluding hydrogens is 288 g/mol. The van der Waals surface area contributed by atoms with Gasteiger partial charge in [-0.15, -0.1) is 0 Å². The molecular formula is C16H20O6. The van der Waals surface area contributed by atoms with Gasteiger partial charge in [-0.25, -0.2) is 9.59 Å². The van der Waals surface area contributed by atoms with Crippen LogP contribution < -0.4 is 0 Å². The second kappa shape index (κ2) is 8.19. The highest BCUT2D eigenvalue weighted by Crippen LogP contribution is 2.22. The van der Waals surface area contributed by atoms with Crippen molar-refractivity contribution in [2.24, 2.45) is 0 Å². The highest BCUT2D eigenvalue weighted by Gasteiger charge is 2.23. The van der Waals surface area contributed by atoms with Crippen molar-refractivity contribution in [2.75, 3.05) is 6.61 Å². The lowest BCUT2D eigenvalue weighted by Gasteiger charge is -2.16. The molecule has 0 fully saturated rings. The minimum absolute atomic E-state index is 0.0711. The number of aliphatic hydroxyl groups is 1. The summed E-state index contributed by atoms with van der Waals surface area (Å²) in [4.78, 5) is 22.7. The summed E-state index contributed by atoms with van der Waals surface area (Å²) < 4.78 is 5.22. The number of allylic oxidation sites excluding steroid dienone is 1. The van der Waals surface area contributed by atoms with Gasteiger partial charge in [0, 0.05) is 6.42 Å². The van der Waals surface area contributed by atoms with Crippen molar-refractivity contribution in [1.82, 2.24) is 0 Å². The fraction of sp³-hybridized carbons (Fsp3) is 0.375. The number of carboxylic acid groups (broad SMARTS) is 2. The number of hydrogen-bond acceptors (Lipinski definition) is 4. The molecule has 0 bridgehead atoms. The summed E-state index contributed by atoms with van der Waals surface area (Å²) in [5.41, 5.74) is 0.456. The fourth-order valence-corrected chi connectivity index (χ4v) is 2.21. The van der Waals surface area contributed by atoms with Gasteiger partial charge in [0.2, 0.25) is 0 Å². The maximum Gasteiger partial charge on any atom is 0.336 e. The normalized spacial score (nSPS) is 12.3. The maximum atomic E-state index is 11.5. The number of carboxylic acids is 2. The first-order chi connectivity index (χ1) is 10.4. The average molecular weight is 308 g/mol. The second-order valence-electron chi connectivity index (χ2n) is 4.88. The van der Waals surface area contributed by atoms with Gasteiger partial charge in [0.25, 0.3) is 0 Å². The molecule has 0 aliphatic heterocycles. The van der Waals surface area contributed by atoms with Gasteiger partial charge in [-0.2, -0.15) is 0 Å². The highest BCUT2D eigenvalue weighted by atomic mass is 16.5. The zero-order valence-corrected chi connectivity index (χ0v) is 12.6. The summed E-state index contributed by atoms with van der Waals surface area (Å²) in [6.07, 6.45) is 2.97. The molecule has 0 saturated heterocycles. The molecule has 6 heteroatoms. The molecule has 0 saturated carbocycles. The number of aliphatic hydroxyl groups excluding tert-OH is 1. The molecule has 0 spiro atoms. The number of rotatable bonds is 8. The van der Waals surface area contributed by atoms with Crippen molar-refractivity contribution in [3.05, 3.63) is 46.7 Å². The van der Waals surface area contributed by atoms with E-state index in [1.54, 1.807) is 12.1 Å². The minimum atomic E-state index is -1.32. The number of benzene rings is 1. The number of ether oxygens (including phenoxy) is 1. The van der Waals surface area contributed by atoms with Crippen molar-refractivity contribution >= 4 is 11.9 Å². The van der Waals surface area contributed by atoms with Crippen LogP contribution in [0.4, 0.5) is 0 Å². The van der Waals surface area contributed by atoms with E-state index in [9.17, 15) is 19.8 Å². The van der Waals surface area contributed by atoms with Crippen LogP contribution in [0.3, 0.4) is 0 Å². The molecule has 3 N–H and O–H groups in total. The van der Waals surface area contributed by atoms with Crippen LogP contribution in [0.2, 0.25) is 0 Å². The third-order valence-electron chi connectivity index (χ3n) is 3.08. The first-order valence-electron chi connectivity index (χ1n) is 6.90. The van der Waals surface area contributed by atoms with Crippen LogP contribution in [-0.2, 0) is 17.6 Å². The lowest BCUT2D eigenvalue weighted by Crippen LogP contribution is -2.18. The Hall–Kier alpha value is -2.34. The van der Waals surface area contributed by atoms with Gasteiger partial charge in [0.15, 0.2) is 0 Å². The molecule has 0 amide bonds. The topological polar surface area (TPSA) is 104 Å². The standard InChI is InChI=1S/C16H20O6/c1-3-7-22-8-6-11-4-5-12(15(18)19)14(16(20)21)13(11)9-10(2)17/h3-5,7,10,17H,6,8-9H2,1-2H3,(H,18,19)(H,20,21). The van der Waals surface area contributed by atoms with E-state index in [4.69, 9.17) is 9.84 Å². The van der Waals surface area contributed by atoms with Crippen molar-refractivity contribution in [3.8, 4) is 0 Å². The SMILES string of the molecule is CC=COCCc1ccc(C(=O)O)c(C(=O)O)c1CC(C)O. The zero-order chi connectivity index (χ0) is 16.7. The molecule has 1 aromatic carbocycles. The predicted octanol–water partition coefficient (Wildman–Crippen LogP) is 2.10. The van der Waals surface area contributed by atoms with E-state index in [1.807, 2.05) is 6.92 Å². The molecule has 1 rings (SSSR count). The van der Waals surface area contributed by atoms with Gasteiger partial charge >= 0.3 is 11.9 Å². The number of hydrogen-bond donors (Lipinski definition) is 3. The average Bonchev–Trinajstić information content (AvgIpc) is 2.43. The third kappa shape index (κ3) is 4.60. The zero-order valence-electron chi connectivity index (χ0n) is 12.6. The summed E-state index contributed by atoms with van der Waals surface area (Å²) >= 11 is 0. The Balaban J connectivity index is 3.28. The van der Waals surface area contributed by atoms with Gasteiger partial charge < -0.3 is 20.1 Å². The molecule has 0 aromatic heterocycles. The van der Waals surface area contributed by atoms with Gasteiger partial charge in [-0.1, -0.05) is 12.1 Å². The first kappa shape index (κ1) is 17.7. The molecule has 0 aliphatic carbocycles. The van der Waals surface area contributed by atoms with Crippen LogP contribution in [0.15, 0.2) is 24.5 Å². The van der Waals surface area contributed by atoms with Crippen LogP contribution in [0, 0.1) is 0 Å². The molecule has 0 aliphatic rings. The summed E-state index contributed by atoms with van der Waals surface area (Å²) in [5.74, 6) is -2.62. The Morgan fingerprint density at radius 2 is 1.95 bits per heavy atom. The van der Waals surface area contributed by atoms with E-state index in [0.29, 0.717) is 24.2 Å². The number of aromatic carboxylic acids is 2. The van der Waals surface area contributed by atoms with E-state index in [0.717, 1.165) is 0 Å². The van der Waals surface area contributed by atoms with Crippen LogP contribution in [-0.4, -0.2) is 40.0 Å².